The van der Waals surface area contributed by atoms with Crippen LogP contribution in [0.15, 0.2) is 133 Å². The Morgan fingerprint density at radius 3 is 1.18 bits per heavy atom. The second kappa shape index (κ2) is 34.4. The number of aliphatic carboxylic acids is 4. The zero-order valence-corrected chi connectivity index (χ0v) is 62.7. The molecule has 7 aromatic carbocycles. The summed E-state index contributed by atoms with van der Waals surface area (Å²) in [6, 6.07) is 29.7. The molecule has 0 saturated heterocycles. The first-order chi connectivity index (χ1) is 52.5. The number of fused-ring (bicyclic) bond motifs is 4. The fourth-order valence-electron chi connectivity index (χ4n) is 12.6. The van der Waals surface area contributed by atoms with Crippen LogP contribution in [0.1, 0.15) is 81.7 Å². The van der Waals surface area contributed by atoms with E-state index >= 15 is 0 Å². The molecule has 0 radical (unpaired) electrons. The van der Waals surface area contributed by atoms with Crippen molar-refractivity contribution in [2.75, 3.05) is 28.4 Å². The number of alkyl halides is 9. The lowest BCUT2D eigenvalue weighted by Crippen LogP contribution is -2.17. The van der Waals surface area contributed by atoms with Gasteiger partial charge in [-0.1, -0.05) is 59.1 Å². The summed E-state index contributed by atoms with van der Waals surface area (Å²) in [5.74, 6) is -6.80. The van der Waals surface area contributed by atoms with Gasteiger partial charge in [0.05, 0.1) is 101 Å². The van der Waals surface area contributed by atoms with E-state index in [-0.39, 0.29) is 72.3 Å². The Labute approximate surface area is 646 Å². The Morgan fingerprint density at radius 1 is 0.420 bits per heavy atom. The van der Waals surface area contributed by atoms with Crippen molar-refractivity contribution in [3.05, 3.63) is 232 Å². The van der Waals surface area contributed by atoms with Crippen LogP contribution in [0.4, 0.5) is 48.3 Å². The van der Waals surface area contributed by atoms with Crippen LogP contribution in [0.25, 0.3) is 43.6 Å². The van der Waals surface area contributed by atoms with E-state index in [2.05, 4.69) is 9.47 Å². The van der Waals surface area contributed by atoms with Gasteiger partial charge in [-0.25, -0.2) is 8.78 Å². The van der Waals surface area contributed by atoms with Crippen LogP contribution in [-0.4, -0.2) is 116 Å². The molecule has 0 fully saturated rings. The highest BCUT2D eigenvalue weighted by molar-refractivity contribution is 7.18. The van der Waals surface area contributed by atoms with E-state index in [1.54, 1.807) is 73.9 Å². The minimum absolute atomic E-state index is 0.00243. The minimum Gasteiger partial charge on any atom is -0.495 e. The number of rotatable bonds is 20. The molecule has 112 heavy (non-hydrogen) atoms. The SMILES string of the molecule is COc1cc2c(CC(=O)O)c(C)n(C(=O)c3ccc(Cl)s3)c2cc1F.COc1cc2c(CC(=O)O)c(C)n(C(=O)c3ccc(OC(F)(F)F)cc3)c2cc1F.COc1cc2c(CC(=O)O)c(C)n(Cc3cccc(C(F)(F)F)c3)c2cc1Cl.COc1cc2c(CC(=O)O)c(C)n(Cc3cccc(OC(F)(F)F)c3)c2cc1Cl. The number of aromatic nitrogens is 4. The van der Waals surface area contributed by atoms with Gasteiger partial charge in [0.2, 0.25) is 0 Å². The van der Waals surface area contributed by atoms with E-state index in [1.165, 1.54) is 82.4 Å². The van der Waals surface area contributed by atoms with Gasteiger partial charge >= 0.3 is 42.8 Å². The smallest absolute Gasteiger partial charge is 0.495 e. The molecule has 0 amide bonds. The third kappa shape index (κ3) is 19.4. The van der Waals surface area contributed by atoms with Crippen molar-refractivity contribution in [1.82, 2.24) is 18.3 Å². The third-order valence-corrected chi connectivity index (χ3v) is 19.4. The van der Waals surface area contributed by atoms with Gasteiger partial charge in [-0.3, -0.25) is 37.9 Å². The van der Waals surface area contributed by atoms with Gasteiger partial charge in [-0.15, -0.1) is 37.7 Å². The van der Waals surface area contributed by atoms with Gasteiger partial charge in [0.15, 0.2) is 23.1 Å². The third-order valence-electron chi connectivity index (χ3n) is 17.6. The van der Waals surface area contributed by atoms with Crippen LogP contribution in [0, 0.1) is 39.3 Å². The summed E-state index contributed by atoms with van der Waals surface area (Å²) < 4.78 is 177. The molecule has 5 heterocycles. The molecule has 4 N–H and O–H groups in total. The van der Waals surface area contributed by atoms with E-state index in [0.717, 1.165) is 58.4 Å². The first kappa shape index (κ1) is 84.5. The monoisotopic (exact) mass is 1640 g/mol. The fraction of sp³-hybridized carbons (Fsp3) is 0.221. The highest BCUT2D eigenvalue weighted by atomic mass is 35.5. The van der Waals surface area contributed by atoms with E-state index < -0.39 is 78.1 Å². The summed E-state index contributed by atoms with van der Waals surface area (Å²) in [5, 5.41) is 39.7. The number of hydrogen-bond donors (Lipinski definition) is 4. The molecule has 0 aliphatic rings. The molecular weight excluding hydrogens is 1580 g/mol. The molecule has 20 nitrogen and oxygen atoms in total. The zero-order chi connectivity index (χ0) is 82.5. The number of carboxylic acids is 4. The lowest BCUT2D eigenvalue weighted by Gasteiger charge is -2.12. The number of hydrogen-bond acceptors (Lipinski definition) is 13. The second-order valence-corrected chi connectivity index (χ2v) is 27.1. The highest BCUT2D eigenvalue weighted by Crippen LogP contribution is 2.41. The summed E-state index contributed by atoms with van der Waals surface area (Å²) in [6.07, 6.45) is -15.2. The summed E-state index contributed by atoms with van der Waals surface area (Å²) >= 11 is 19.5. The van der Waals surface area contributed by atoms with Crippen LogP contribution in [0.2, 0.25) is 14.4 Å². The van der Waals surface area contributed by atoms with Gasteiger partial charge in [-0.05, 0) is 158 Å². The quantitative estimate of drug-likeness (QED) is 0.0517. The highest BCUT2D eigenvalue weighted by Gasteiger charge is 2.34. The van der Waals surface area contributed by atoms with Crippen molar-refractivity contribution in [2.24, 2.45) is 0 Å². The van der Waals surface area contributed by atoms with Gasteiger partial charge in [0, 0.05) is 75.1 Å². The van der Waals surface area contributed by atoms with Crippen LogP contribution in [0.3, 0.4) is 0 Å². The normalized spacial score (nSPS) is 11.5. The molecule has 0 saturated carbocycles. The number of nitrogens with zero attached hydrogens (tertiary/aromatic N) is 4. The molecule has 590 valence electrons. The molecule has 5 aromatic heterocycles. The van der Waals surface area contributed by atoms with Crippen LogP contribution in [0.5, 0.6) is 34.5 Å². The van der Waals surface area contributed by atoms with Crippen LogP contribution >= 0.6 is 46.1 Å². The minimum atomic E-state index is -4.87. The zero-order valence-electron chi connectivity index (χ0n) is 59.6. The molecule has 0 bridgehead atoms. The molecule has 35 heteroatoms. The predicted octanol–water partition coefficient (Wildman–Crippen LogP) is 18.9. The second-order valence-electron chi connectivity index (χ2n) is 24.6. The maximum atomic E-state index is 14.3. The first-order valence-corrected chi connectivity index (χ1v) is 34.5. The fourth-order valence-corrected chi connectivity index (χ4v) is 14.1. The molecule has 0 aliphatic carbocycles. The van der Waals surface area contributed by atoms with E-state index in [4.69, 9.17) is 53.8 Å². The summed E-state index contributed by atoms with van der Waals surface area (Å²) in [5.41, 5.74) is 5.91. The number of carbonyl (C=O) groups is 6. The number of carbonyl (C=O) groups excluding carboxylic acids is 2. The average molecular weight is 1650 g/mol. The van der Waals surface area contributed by atoms with Crippen molar-refractivity contribution >= 4 is 125 Å². The van der Waals surface area contributed by atoms with E-state index in [9.17, 15) is 97.5 Å². The van der Waals surface area contributed by atoms with Crippen molar-refractivity contribution < 1.29 is 126 Å². The summed E-state index contributed by atoms with van der Waals surface area (Å²) in [6.45, 7) is 6.99. The molecule has 0 aliphatic heterocycles. The van der Waals surface area contributed by atoms with Crippen molar-refractivity contribution in [3.63, 3.8) is 0 Å². The van der Waals surface area contributed by atoms with E-state index in [0.29, 0.717) is 119 Å². The van der Waals surface area contributed by atoms with Crippen LogP contribution in [-0.2, 0) is 64.1 Å². The summed E-state index contributed by atoms with van der Waals surface area (Å²) in [4.78, 5) is 71.5. The van der Waals surface area contributed by atoms with Gasteiger partial charge in [0.25, 0.3) is 11.8 Å². The molecule has 0 atom stereocenters. The molecular formula is C77H62Cl3F11N4O16S. The molecule has 0 spiro atoms. The summed E-state index contributed by atoms with van der Waals surface area (Å²) in [7, 11) is 5.49. The lowest BCUT2D eigenvalue weighted by molar-refractivity contribution is -0.275. The topological polar surface area (TPSA) is 258 Å². The van der Waals surface area contributed by atoms with Gasteiger partial charge in [-0.2, -0.15) is 13.2 Å². The van der Waals surface area contributed by atoms with Crippen LogP contribution < -0.4 is 28.4 Å². The number of methoxy groups -OCH3 is 4. The maximum Gasteiger partial charge on any atom is 0.573 e. The van der Waals surface area contributed by atoms with Crippen molar-refractivity contribution in [1.29, 1.82) is 0 Å². The molecule has 12 aromatic rings. The molecule has 0 unspecified atom stereocenters. The van der Waals surface area contributed by atoms with Crippen molar-refractivity contribution in [2.45, 2.75) is 85.4 Å². The Balaban J connectivity index is 0.000000172. The number of ether oxygens (including phenoxy) is 6. The Hall–Kier alpha value is -11.5. The van der Waals surface area contributed by atoms with Crippen molar-refractivity contribution in [3.8, 4) is 34.5 Å². The predicted molar refractivity (Wildman–Crippen MR) is 393 cm³/mol. The Kier molecular flexibility index (Phi) is 26.0. The number of thiophene rings is 1. The first-order valence-electron chi connectivity index (χ1n) is 32.6. The molecule has 12 rings (SSSR count). The number of carboxylic acid groups (broad SMARTS) is 4. The van der Waals surface area contributed by atoms with Gasteiger partial charge < -0.3 is 58.0 Å². The average Bonchev–Trinajstić information content (AvgIpc) is 1.62. The van der Waals surface area contributed by atoms with E-state index in [1.807, 2.05) is 4.57 Å². The lowest BCUT2D eigenvalue weighted by atomic mass is 10.1. The maximum absolute atomic E-state index is 14.3. The standard InChI is InChI=1S/C20H17ClF3NO4.C20H17ClF3NO3.C20H15F4NO5.C17H13ClFNO4S/c1-11-14(8-19(26)27)15-7-18(28-2)16(21)9-17(15)25(11)10-12-4-3-5-13(6-12)29-20(22,23)24;1-11-14(8-19(26)27)15-7-18(28-2)16(21)9-17(15)25(11)10-12-4-3-5-13(6-12)20(22,23)24;1-10-13(8-18(26)27)14-7-17(29-2)15(21)9-16(14)25(10)19(28)11-3-5-12(6-4-11)30-20(22,23)24;1-8-9(6-16(21)22)10-5-13(24-2)11(19)7-12(10)20(8)17(23)14-3-4-15(18)25-14/h3-7,9H,8,10H2,1-2H3,(H,26,27);3-7,9H,8,10H2,1-2H3,(H,26,27);3-7,9H,8H2,1-2H3,(H,26,27);3-5,7H,6H2,1-2H3,(H,21,22). The number of benzene rings is 7. The van der Waals surface area contributed by atoms with Gasteiger partial charge in [0.1, 0.15) is 23.0 Å². The Morgan fingerprint density at radius 2 is 0.795 bits per heavy atom. The largest absolute Gasteiger partial charge is 0.573 e. The number of halogens is 14. The Bertz CT molecular complexity index is 5650.